The normalized spacial score (nSPS) is 14.0. The van der Waals surface area contributed by atoms with Crippen molar-refractivity contribution >= 4 is 62.9 Å². The first-order chi connectivity index (χ1) is 14.7. The van der Waals surface area contributed by atoms with Crippen LogP contribution >= 0.6 is 47.2 Å². The van der Waals surface area contributed by atoms with Crippen LogP contribution in [0, 0.1) is 10.1 Å². The largest absolute Gasteiger partial charge is 0.299 e. The molecule has 1 heterocycles. The SMILES string of the molecule is Cl.O=[N+]([O-])c1ccc2c(c1)CN(CCCCCNS(=O)(=O)c1c(Cl)cc(Cl)cc1Cl)CC2. The molecule has 0 atom stereocenters. The lowest BCUT2D eigenvalue weighted by Gasteiger charge is -2.28. The second-order valence-electron chi connectivity index (χ2n) is 7.39. The van der Waals surface area contributed by atoms with Gasteiger partial charge in [0.05, 0.1) is 15.0 Å². The Kier molecular flexibility index (Phi) is 10.0. The fourth-order valence-electron chi connectivity index (χ4n) is 3.61. The molecule has 0 radical (unpaired) electrons. The van der Waals surface area contributed by atoms with Crippen molar-refractivity contribution in [2.24, 2.45) is 0 Å². The molecular weight excluding hydrogens is 520 g/mol. The minimum Gasteiger partial charge on any atom is -0.299 e. The minimum absolute atomic E-state index is 0. The lowest BCUT2D eigenvalue weighted by atomic mass is 9.99. The molecule has 3 rings (SSSR count). The molecule has 2 aromatic carbocycles. The quantitative estimate of drug-likeness (QED) is 0.257. The van der Waals surface area contributed by atoms with E-state index in [0.29, 0.717) is 13.0 Å². The summed E-state index contributed by atoms with van der Waals surface area (Å²) in [4.78, 5) is 12.7. The first-order valence-electron chi connectivity index (χ1n) is 9.80. The fraction of sp³-hybridized carbons (Fsp3) is 0.400. The number of nitro benzene ring substituents is 1. The minimum atomic E-state index is -3.83. The van der Waals surface area contributed by atoms with Gasteiger partial charge >= 0.3 is 0 Å². The highest BCUT2D eigenvalue weighted by Gasteiger charge is 2.22. The third kappa shape index (κ3) is 6.93. The molecule has 0 saturated heterocycles. The first-order valence-corrected chi connectivity index (χ1v) is 12.4. The van der Waals surface area contributed by atoms with Gasteiger partial charge in [0, 0.05) is 36.8 Å². The van der Waals surface area contributed by atoms with E-state index in [4.69, 9.17) is 34.8 Å². The highest BCUT2D eigenvalue weighted by Crippen LogP contribution is 2.32. The van der Waals surface area contributed by atoms with Crippen LogP contribution in [0.5, 0.6) is 0 Å². The number of nitro groups is 1. The zero-order chi connectivity index (χ0) is 22.6. The van der Waals surface area contributed by atoms with Gasteiger partial charge in [0.1, 0.15) is 4.90 Å². The second kappa shape index (κ2) is 11.8. The Bertz CT molecular complexity index is 1060. The Hall–Kier alpha value is -1.13. The van der Waals surface area contributed by atoms with Crippen LogP contribution in [0.3, 0.4) is 0 Å². The van der Waals surface area contributed by atoms with E-state index in [9.17, 15) is 18.5 Å². The van der Waals surface area contributed by atoms with Crippen molar-refractivity contribution < 1.29 is 13.3 Å². The Morgan fingerprint density at radius 3 is 2.38 bits per heavy atom. The van der Waals surface area contributed by atoms with E-state index >= 15 is 0 Å². The molecule has 32 heavy (non-hydrogen) atoms. The van der Waals surface area contributed by atoms with E-state index in [-0.39, 0.29) is 49.5 Å². The van der Waals surface area contributed by atoms with Gasteiger partial charge in [-0.3, -0.25) is 15.0 Å². The lowest BCUT2D eigenvalue weighted by molar-refractivity contribution is -0.385. The molecule has 0 spiro atoms. The number of benzene rings is 2. The maximum atomic E-state index is 12.5. The predicted octanol–water partition coefficient (Wildman–Crippen LogP) is 5.48. The summed E-state index contributed by atoms with van der Waals surface area (Å²) in [5.41, 5.74) is 2.29. The molecule has 176 valence electrons. The van der Waals surface area contributed by atoms with Crippen molar-refractivity contribution in [1.82, 2.24) is 9.62 Å². The third-order valence-corrected chi connectivity index (χ3v) is 7.77. The van der Waals surface area contributed by atoms with E-state index in [2.05, 4.69) is 9.62 Å². The zero-order valence-electron chi connectivity index (χ0n) is 17.0. The number of nitrogens with zero attached hydrogens (tertiary/aromatic N) is 2. The summed E-state index contributed by atoms with van der Waals surface area (Å²) in [5, 5.41) is 11.2. The van der Waals surface area contributed by atoms with Crippen LogP contribution in [0.4, 0.5) is 5.69 Å². The van der Waals surface area contributed by atoms with E-state index in [1.54, 1.807) is 12.1 Å². The van der Waals surface area contributed by atoms with Crippen molar-refractivity contribution in [1.29, 1.82) is 0 Å². The van der Waals surface area contributed by atoms with Crippen molar-refractivity contribution in [2.45, 2.75) is 37.1 Å². The second-order valence-corrected chi connectivity index (χ2v) is 10.3. The van der Waals surface area contributed by atoms with E-state index < -0.39 is 10.0 Å². The lowest BCUT2D eigenvalue weighted by Crippen LogP contribution is -2.31. The van der Waals surface area contributed by atoms with Crippen LogP contribution in [0.1, 0.15) is 30.4 Å². The maximum Gasteiger partial charge on any atom is 0.269 e. The number of unbranched alkanes of at least 4 members (excludes halogenated alkanes) is 2. The maximum absolute atomic E-state index is 12.5. The number of hydrogen-bond donors (Lipinski definition) is 1. The summed E-state index contributed by atoms with van der Waals surface area (Å²) in [6, 6.07) is 7.74. The summed E-state index contributed by atoms with van der Waals surface area (Å²) in [5.74, 6) is 0. The van der Waals surface area contributed by atoms with Crippen molar-refractivity contribution in [3.63, 3.8) is 0 Å². The number of sulfonamides is 1. The van der Waals surface area contributed by atoms with Gasteiger partial charge in [-0.25, -0.2) is 13.1 Å². The average Bonchev–Trinajstić information content (AvgIpc) is 2.68. The van der Waals surface area contributed by atoms with Crippen molar-refractivity contribution in [3.05, 3.63) is 66.6 Å². The molecule has 1 aliphatic heterocycles. The Labute approximate surface area is 208 Å². The van der Waals surface area contributed by atoms with Crippen molar-refractivity contribution in [3.8, 4) is 0 Å². The third-order valence-electron chi connectivity index (χ3n) is 5.17. The molecule has 12 heteroatoms. The standard InChI is InChI=1S/C20H22Cl3N3O4S.ClH/c21-16-11-18(22)20(19(23)12-16)31(29,30)24-7-2-1-3-8-25-9-6-14-4-5-17(26(27)28)10-15(14)13-25;/h4-5,10-12,24H,1-3,6-9,13H2;1H. The molecule has 0 unspecified atom stereocenters. The molecule has 0 fully saturated rings. The predicted molar refractivity (Wildman–Crippen MR) is 130 cm³/mol. The van der Waals surface area contributed by atoms with Gasteiger partial charge in [-0.15, -0.1) is 12.4 Å². The first kappa shape index (κ1) is 27.1. The van der Waals surface area contributed by atoms with E-state index in [0.717, 1.165) is 43.5 Å². The molecule has 0 aliphatic carbocycles. The average molecular weight is 543 g/mol. The molecule has 2 aromatic rings. The van der Waals surface area contributed by atoms with Gasteiger partial charge in [-0.05, 0) is 49.1 Å². The number of non-ortho nitro benzene ring substituents is 1. The Morgan fingerprint density at radius 1 is 1.03 bits per heavy atom. The van der Waals surface area contributed by atoms with E-state index in [1.165, 1.54) is 12.1 Å². The number of rotatable bonds is 9. The molecule has 0 saturated carbocycles. The summed E-state index contributed by atoms with van der Waals surface area (Å²) in [6.45, 7) is 2.72. The van der Waals surface area contributed by atoms with Gasteiger partial charge in [-0.1, -0.05) is 47.3 Å². The summed E-state index contributed by atoms with van der Waals surface area (Å²) < 4.78 is 27.5. The molecular formula is C20H23Cl4N3O4S. The fourth-order valence-corrected chi connectivity index (χ4v) is 6.22. The monoisotopic (exact) mass is 541 g/mol. The van der Waals surface area contributed by atoms with Gasteiger partial charge in [-0.2, -0.15) is 0 Å². The molecule has 0 bridgehead atoms. The van der Waals surface area contributed by atoms with Gasteiger partial charge in [0.15, 0.2) is 0 Å². The number of nitrogens with one attached hydrogen (secondary N) is 1. The Balaban J connectivity index is 0.00000363. The van der Waals surface area contributed by atoms with Crippen molar-refractivity contribution in [2.75, 3.05) is 19.6 Å². The summed E-state index contributed by atoms with van der Waals surface area (Å²) >= 11 is 17.8. The molecule has 1 N–H and O–H groups in total. The summed E-state index contributed by atoms with van der Waals surface area (Å²) in [6.07, 6.45) is 3.27. The highest BCUT2D eigenvalue weighted by molar-refractivity contribution is 7.89. The van der Waals surface area contributed by atoms with Crippen LogP contribution < -0.4 is 4.72 Å². The van der Waals surface area contributed by atoms with Gasteiger partial charge in [0.2, 0.25) is 10.0 Å². The van der Waals surface area contributed by atoms with Crippen LogP contribution in [0.15, 0.2) is 35.2 Å². The van der Waals surface area contributed by atoms with Gasteiger partial charge < -0.3 is 0 Å². The molecule has 0 aromatic heterocycles. The smallest absolute Gasteiger partial charge is 0.269 e. The van der Waals surface area contributed by atoms with Crippen LogP contribution in [0.2, 0.25) is 15.1 Å². The van der Waals surface area contributed by atoms with E-state index in [1.807, 2.05) is 6.07 Å². The number of halogens is 4. The van der Waals surface area contributed by atoms with Crippen LogP contribution in [-0.4, -0.2) is 37.9 Å². The summed E-state index contributed by atoms with van der Waals surface area (Å²) in [7, 11) is -3.83. The van der Waals surface area contributed by atoms with Gasteiger partial charge in [0.25, 0.3) is 5.69 Å². The number of hydrogen-bond acceptors (Lipinski definition) is 5. The Morgan fingerprint density at radius 2 is 1.72 bits per heavy atom. The molecule has 7 nitrogen and oxygen atoms in total. The zero-order valence-corrected chi connectivity index (χ0v) is 20.9. The number of fused-ring (bicyclic) bond motifs is 1. The molecule has 1 aliphatic rings. The van der Waals surface area contributed by atoms with Crippen LogP contribution in [0.25, 0.3) is 0 Å². The molecule has 0 amide bonds. The highest BCUT2D eigenvalue weighted by atomic mass is 35.5. The topological polar surface area (TPSA) is 92.6 Å². The van der Waals surface area contributed by atoms with Crippen LogP contribution in [-0.2, 0) is 23.0 Å².